The number of ether oxygens (including phenoxy) is 2. The van der Waals surface area contributed by atoms with E-state index in [0.717, 1.165) is 11.1 Å². The number of anilines is 1. The summed E-state index contributed by atoms with van der Waals surface area (Å²) in [6, 6.07) is 7.45. The summed E-state index contributed by atoms with van der Waals surface area (Å²) in [5.74, 6) is -0.664. The monoisotopic (exact) mass is 310 g/mol. The van der Waals surface area contributed by atoms with Crippen molar-refractivity contribution in [3.8, 4) is 0 Å². The Morgan fingerprint density at radius 1 is 1.43 bits per heavy atom. The van der Waals surface area contributed by atoms with Crippen molar-refractivity contribution in [2.24, 2.45) is 5.10 Å². The van der Waals surface area contributed by atoms with E-state index in [9.17, 15) is 4.79 Å². The number of nitrogens with zero attached hydrogens (tertiary/aromatic N) is 1. The van der Waals surface area contributed by atoms with Crippen molar-refractivity contribution in [2.45, 2.75) is 20.5 Å². The molecule has 21 heavy (non-hydrogen) atoms. The van der Waals surface area contributed by atoms with E-state index in [1.807, 2.05) is 31.2 Å². The zero-order chi connectivity index (χ0) is 15.7. The molecule has 0 aliphatic heterocycles. The number of para-hydroxylation sites is 1. The molecule has 6 heteroatoms. The number of carbonyl (C=O) groups excluding carboxylic acids is 1. The van der Waals surface area contributed by atoms with Crippen molar-refractivity contribution in [1.82, 2.24) is 0 Å². The van der Waals surface area contributed by atoms with Gasteiger partial charge in [0.25, 0.3) is 0 Å². The molecule has 114 valence electrons. The summed E-state index contributed by atoms with van der Waals surface area (Å²) in [6.45, 7) is 8.51. The molecule has 0 fully saturated rings. The molecule has 0 aliphatic carbocycles. The SMILES string of the molecule is C=C(C)COCc1ccccc1N/N=C(\Cl)C(=O)OCC. The van der Waals surface area contributed by atoms with Gasteiger partial charge in [-0.2, -0.15) is 5.10 Å². The molecule has 5 nitrogen and oxygen atoms in total. The number of nitrogens with one attached hydrogen (secondary N) is 1. The summed E-state index contributed by atoms with van der Waals surface area (Å²) in [7, 11) is 0. The lowest BCUT2D eigenvalue weighted by atomic mass is 10.2. The van der Waals surface area contributed by atoms with Gasteiger partial charge in [-0.15, -0.1) is 0 Å². The third-order valence-corrected chi connectivity index (χ3v) is 2.58. The summed E-state index contributed by atoms with van der Waals surface area (Å²) in [4.78, 5) is 11.3. The fraction of sp³-hybridized carbons (Fsp3) is 0.333. The highest BCUT2D eigenvalue weighted by Gasteiger charge is 2.09. The second kappa shape index (κ2) is 9.15. The van der Waals surface area contributed by atoms with Crippen LogP contribution in [-0.2, 0) is 20.9 Å². The van der Waals surface area contributed by atoms with Gasteiger partial charge >= 0.3 is 5.97 Å². The van der Waals surface area contributed by atoms with E-state index >= 15 is 0 Å². The maximum absolute atomic E-state index is 11.3. The molecule has 0 unspecified atom stereocenters. The first-order valence-corrected chi connectivity index (χ1v) is 6.88. The van der Waals surface area contributed by atoms with Crippen LogP contribution < -0.4 is 5.43 Å². The van der Waals surface area contributed by atoms with Crippen LogP contribution in [0.2, 0.25) is 0 Å². The number of hydrogen-bond donors (Lipinski definition) is 1. The lowest BCUT2D eigenvalue weighted by Gasteiger charge is -2.09. The molecular formula is C15H19ClN2O3. The average molecular weight is 311 g/mol. The summed E-state index contributed by atoms with van der Waals surface area (Å²) in [6.07, 6.45) is 0. The van der Waals surface area contributed by atoms with Crippen LogP contribution in [0.1, 0.15) is 19.4 Å². The Hall–Kier alpha value is -1.85. The van der Waals surface area contributed by atoms with Crippen molar-refractivity contribution in [3.63, 3.8) is 0 Å². The molecule has 1 aromatic rings. The zero-order valence-electron chi connectivity index (χ0n) is 12.2. The summed E-state index contributed by atoms with van der Waals surface area (Å²) < 4.78 is 10.2. The zero-order valence-corrected chi connectivity index (χ0v) is 12.9. The normalized spacial score (nSPS) is 11.1. The maximum Gasteiger partial charge on any atom is 0.370 e. The molecular weight excluding hydrogens is 292 g/mol. The van der Waals surface area contributed by atoms with Crippen LogP contribution in [-0.4, -0.2) is 24.4 Å². The van der Waals surface area contributed by atoms with Gasteiger partial charge in [-0.3, -0.25) is 5.43 Å². The van der Waals surface area contributed by atoms with Crippen LogP contribution in [0.25, 0.3) is 0 Å². The topological polar surface area (TPSA) is 59.9 Å². The number of hydrazone groups is 1. The molecule has 0 amide bonds. The Labute approximate surface area is 129 Å². The number of carbonyl (C=O) groups is 1. The van der Waals surface area contributed by atoms with Crippen molar-refractivity contribution in [1.29, 1.82) is 0 Å². The first-order valence-electron chi connectivity index (χ1n) is 6.51. The van der Waals surface area contributed by atoms with Gasteiger partial charge < -0.3 is 9.47 Å². The largest absolute Gasteiger partial charge is 0.461 e. The fourth-order valence-corrected chi connectivity index (χ4v) is 1.53. The number of rotatable bonds is 8. The van der Waals surface area contributed by atoms with Gasteiger partial charge in [-0.1, -0.05) is 42.0 Å². The van der Waals surface area contributed by atoms with Gasteiger partial charge in [0.1, 0.15) is 0 Å². The minimum atomic E-state index is -0.664. The lowest BCUT2D eigenvalue weighted by molar-refractivity contribution is -0.134. The van der Waals surface area contributed by atoms with E-state index < -0.39 is 5.97 Å². The van der Waals surface area contributed by atoms with Crippen LogP contribution in [0, 0.1) is 0 Å². The standard InChI is InChI=1S/C15H19ClN2O3/c1-4-21-15(19)14(16)18-17-13-8-6-5-7-12(13)10-20-9-11(2)3/h5-8,17H,2,4,9-10H2,1,3H3/b18-14-. The third-order valence-electron chi connectivity index (χ3n) is 2.34. The maximum atomic E-state index is 11.3. The first-order chi connectivity index (χ1) is 10.0. The molecule has 0 atom stereocenters. The Morgan fingerprint density at radius 2 is 2.14 bits per heavy atom. The highest BCUT2D eigenvalue weighted by Crippen LogP contribution is 2.16. The van der Waals surface area contributed by atoms with Crippen molar-refractivity contribution in [3.05, 3.63) is 42.0 Å². The Bertz CT molecular complexity index is 529. The van der Waals surface area contributed by atoms with Crippen LogP contribution in [0.3, 0.4) is 0 Å². The molecule has 0 saturated heterocycles. The van der Waals surface area contributed by atoms with E-state index in [2.05, 4.69) is 17.1 Å². The summed E-state index contributed by atoms with van der Waals surface area (Å²) >= 11 is 5.73. The number of halogens is 1. The van der Waals surface area contributed by atoms with Crippen LogP contribution in [0.15, 0.2) is 41.5 Å². The van der Waals surface area contributed by atoms with E-state index in [4.69, 9.17) is 21.1 Å². The molecule has 0 bridgehead atoms. The van der Waals surface area contributed by atoms with Crippen molar-refractivity contribution < 1.29 is 14.3 Å². The second-order valence-corrected chi connectivity index (χ2v) is 4.70. The molecule has 1 aromatic carbocycles. The molecule has 0 aromatic heterocycles. The van der Waals surface area contributed by atoms with Crippen molar-refractivity contribution >= 4 is 28.4 Å². The smallest absolute Gasteiger partial charge is 0.370 e. The van der Waals surface area contributed by atoms with Gasteiger partial charge in [0, 0.05) is 5.56 Å². The molecule has 1 rings (SSSR count). The molecule has 0 aliphatic rings. The third kappa shape index (κ3) is 6.42. The number of esters is 1. The van der Waals surface area contributed by atoms with Gasteiger partial charge in [0.2, 0.25) is 5.17 Å². The lowest BCUT2D eigenvalue weighted by Crippen LogP contribution is -2.13. The van der Waals surface area contributed by atoms with Crippen LogP contribution >= 0.6 is 11.6 Å². The Balaban J connectivity index is 2.68. The predicted octanol–water partition coefficient (Wildman–Crippen LogP) is 3.31. The minimum absolute atomic E-state index is 0.246. The first kappa shape index (κ1) is 17.2. The highest BCUT2D eigenvalue weighted by molar-refractivity contribution is 6.82. The van der Waals surface area contributed by atoms with Crippen LogP contribution in [0.5, 0.6) is 0 Å². The fourth-order valence-electron chi connectivity index (χ4n) is 1.44. The van der Waals surface area contributed by atoms with Gasteiger partial charge in [-0.05, 0) is 19.9 Å². The number of hydrogen-bond acceptors (Lipinski definition) is 5. The Morgan fingerprint density at radius 3 is 2.81 bits per heavy atom. The molecule has 0 saturated carbocycles. The number of benzene rings is 1. The van der Waals surface area contributed by atoms with Gasteiger partial charge in [-0.25, -0.2) is 4.79 Å². The predicted molar refractivity (Wildman–Crippen MR) is 84.5 cm³/mol. The van der Waals surface area contributed by atoms with Crippen molar-refractivity contribution in [2.75, 3.05) is 18.6 Å². The molecule has 0 spiro atoms. The second-order valence-electron chi connectivity index (χ2n) is 4.34. The summed E-state index contributed by atoms with van der Waals surface area (Å²) in [5.41, 5.74) is 5.30. The molecule has 1 N–H and O–H groups in total. The average Bonchev–Trinajstić information content (AvgIpc) is 2.45. The van der Waals surface area contributed by atoms with Gasteiger partial charge in [0.05, 0.1) is 25.5 Å². The van der Waals surface area contributed by atoms with Gasteiger partial charge in [0.15, 0.2) is 0 Å². The molecule has 0 heterocycles. The van der Waals surface area contributed by atoms with E-state index in [1.54, 1.807) is 6.92 Å². The van der Waals surface area contributed by atoms with E-state index in [1.165, 1.54) is 0 Å². The Kier molecular flexibility index (Phi) is 7.50. The minimum Gasteiger partial charge on any atom is -0.461 e. The highest BCUT2D eigenvalue weighted by atomic mass is 35.5. The summed E-state index contributed by atoms with van der Waals surface area (Å²) in [5, 5.41) is 3.55. The van der Waals surface area contributed by atoms with E-state index in [-0.39, 0.29) is 11.8 Å². The quantitative estimate of drug-likeness (QED) is 0.346. The van der Waals surface area contributed by atoms with Crippen LogP contribution in [0.4, 0.5) is 5.69 Å². The molecule has 0 radical (unpaired) electrons. The van der Waals surface area contributed by atoms with E-state index in [0.29, 0.717) is 18.9 Å².